The van der Waals surface area contributed by atoms with Gasteiger partial charge in [0.1, 0.15) is 5.75 Å². The van der Waals surface area contributed by atoms with Crippen LogP contribution in [0.2, 0.25) is 0 Å². The highest BCUT2D eigenvalue weighted by Crippen LogP contribution is 2.31. The molecule has 0 heterocycles. The molecule has 5 nitrogen and oxygen atoms in total. The van der Waals surface area contributed by atoms with Crippen LogP contribution < -0.4 is 21.5 Å². The van der Waals surface area contributed by atoms with E-state index in [0.717, 1.165) is 11.3 Å². The summed E-state index contributed by atoms with van der Waals surface area (Å²) in [4.78, 5) is 11.1. The van der Waals surface area contributed by atoms with Crippen molar-refractivity contribution < 1.29 is 9.53 Å². The number of nitrogens with one attached hydrogen (secondary N) is 1. The van der Waals surface area contributed by atoms with Crippen molar-refractivity contribution in [2.45, 2.75) is 6.92 Å². The van der Waals surface area contributed by atoms with Crippen molar-refractivity contribution in [1.29, 1.82) is 0 Å². The maximum atomic E-state index is 11.1. The molecule has 0 fully saturated rings. The Kier molecular flexibility index (Phi) is 3.79. The van der Waals surface area contributed by atoms with Gasteiger partial charge < -0.3 is 21.5 Å². The number of hydrogen-bond acceptors (Lipinski definition) is 4. The molecule has 0 unspecified atom stereocenters. The average molecular weight is 271 g/mol. The number of nitrogens with two attached hydrogens (primary N) is 2. The number of amides is 1. The average Bonchev–Trinajstić information content (AvgIpc) is 2.41. The smallest absolute Gasteiger partial charge is 0.248 e. The first-order valence-electron chi connectivity index (χ1n) is 6.12. The van der Waals surface area contributed by atoms with Gasteiger partial charge in [0.05, 0.1) is 24.2 Å². The number of primary amides is 1. The Morgan fingerprint density at radius 1 is 1.15 bits per heavy atom. The predicted molar refractivity (Wildman–Crippen MR) is 80.4 cm³/mol. The number of anilines is 3. The van der Waals surface area contributed by atoms with E-state index in [1.165, 1.54) is 0 Å². The van der Waals surface area contributed by atoms with Gasteiger partial charge in [-0.1, -0.05) is 6.07 Å². The number of carbonyl (C=O) groups is 1. The fraction of sp³-hybridized carbons (Fsp3) is 0.133. The minimum atomic E-state index is -0.503. The van der Waals surface area contributed by atoms with Gasteiger partial charge in [0.2, 0.25) is 5.91 Å². The number of rotatable bonds is 4. The Labute approximate surface area is 117 Å². The minimum absolute atomic E-state index is 0.379. The molecule has 0 atom stereocenters. The summed E-state index contributed by atoms with van der Waals surface area (Å²) in [7, 11) is 1.61. The Morgan fingerprint density at radius 3 is 2.50 bits per heavy atom. The summed E-state index contributed by atoms with van der Waals surface area (Å²) in [6.07, 6.45) is 0. The second-order valence-electron chi connectivity index (χ2n) is 4.50. The summed E-state index contributed by atoms with van der Waals surface area (Å²) >= 11 is 0. The van der Waals surface area contributed by atoms with Crippen molar-refractivity contribution in [3.05, 3.63) is 47.5 Å². The van der Waals surface area contributed by atoms with Gasteiger partial charge in [0.25, 0.3) is 0 Å². The van der Waals surface area contributed by atoms with E-state index >= 15 is 0 Å². The van der Waals surface area contributed by atoms with Gasteiger partial charge in [0.15, 0.2) is 0 Å². The third kappa shape index (κ3) is 2.83. The van der Waals surface area contributed by atoms with E-state index < -0.39 is 5.91 Å². The second kappa shape index (κ2) is 5.52. The molecule has 0 aliphatic carbocycles. The topological polar surface area (TPSA) is 90.4 Å². The number of aryl methyl sites for hydroxylation is 1. The van der Waals surface area contributed by atoms with Gasteiger partial charge in [-0.15, -0.1) is 0 Å². The van der Waals surface area contributed by atoms with Crippen molar-refractivity contribution in [3.8, 4) is 5.75 Å². The van der Waals surface area contributed by atoms with Gasteiger partial charge in [-0.3, -0.25) is 4.79 Å². The van der Waals surface area contributed by atoms with Crippen LogP contribution in [0.25, 0.3) is 0 Å². The lowest BCUT2D eigenvalue weighted by Gasteiger charge is -2.14. The molecule has 104 valence electrons. The van der Waals surface area contributed by atoms with Crippen LogP contribution in [0.15, 0.2) is 36.4 Å². The molecule has 0 saturated heterocycles. The van der Waals surface area contributed by atoms with Crippen LogP contribution in [0, 0.1) is 6.92 Å². The van der Waals surface area contributed by atoms with Gasteiger partial charge >= 0.3 is 0 Å². The lowest BCUT2D eigenvalue weighted by molar-refractivity contribution is 0.100. The molecule has 0 aliphatic heterocycles. The summed E-state index contributed by atoms with van der Waals surface area (Å²) in [5, 5.41) is 3.20. The van der Waals surface area contributed by atoms with Crippen molar-refractivity contribution in [2.24, 2.45) is 5.73 Å². The number of methoxy groups -OCH3 is 1. The van der Waals surface area contributed by atoms with Crippen LogP contribution in [0.5, 0.6) is 5.75 Å². The van der Waals surface area contributed by atoms with Gasteiger partial charge in [-0.05, 0) is 42.8 Å². The van der Waals surface area contributed by atoms with Crippen molar-refractivity contribution in [1.82, 2.24) is 0 Å². The van der Waals surface area contributed by atoms with Gasteiger partial charge in [-0.25, -0.2) is 0 Å². The molecule has 5 heteroatoms. The summed E-state index contributed by atoms with van der Waals surface area (Å²) in [5.74, 6) is 0.213. The van der Waals surface area contributed by atoms with Crippen LogP contribution in [-0.4, -0.2) is 13.0 Å². The summed E-state index contributed by atoms with van der Waals surface area (Å²) in [5.41, 5.74) is 14.6. The quantitative estimate of drug-likeness (QED) is 0.745. The summed E-state index contributed by atoms with van der Waals surface area (Å²) in [6.45, 7) is 1.99. The predicted octanol–water partition coefficient (Wildman–Crippen LogP) is 2.43. The monoisotopic (exact) mass is 271 g/mol. The third-order valence-electron chi connectivity index (χ3n) is 2.96. The number of hydrogen-bond donors (Lipinski definition) is 3. The molecule has 2 aromatic rings. The Morgan fingerprint density at radius 2 is 1.90 bits per heavy atom. The van der Waals surface area contributed by atoms with E-state index in [0.29, 0.717) is 22.7 Å². The molecule has 20 heavy (non-hydrogen) atoms. The Balaban J connectivity index is 2.35. The molecule has 0 aliphatic rings. The highest BCUT2D eigenvalue weighted by atomic mass is 16.5. The first-order valence-corrected chi connectivity index (χ1v) is 6.12. The van der Waals surface area contributed by atoms with E-state index in [1.807, 2.05) is 25.1 Å². The van der Waals surface area contributed by atoms with Crippen LogP contribution in [-0.2, 0) is 0 Å². The summed E-state index contributed by atoms with van der Waals surface area (Å²) in [6, 6.07) is 10.7. The molecule has 5 N–H and O–H groups in total. The Hall–Kier alpha value is -2.69. The first-order chi connectivity index (χ1) is 9.51. The van der Waals surface area contributed by atoms with Crippen molar-refractivity contribution in [2.75, 3.05) is 18.2 Å². The van der Waals surface area contributed by atoms with Gasteiger partial charge in [-0.2, -0.15) is 0 Å². The van der Waals surface area contributed by atoms with Crippen LogP contribution in [0.3, 0.4) is 0 Å². The molecule has 0 bridgehead atoms. The Bertz CT molecular complexity index is 654. The molecular weight excluding hydrogens is 254 g/mol. The number of carbonyl (C=O) groups excluding carboxylic acids is 1. The maximum Gasteiger partial charge on any atom is 0.248 e. The largest absolute Gasteiger partial charge is 0.495 e. The minimum Gasteiger partial charge on any atom is -0.495 e. The van der Waals surface area contributed by atoms with E-state index in [2.05, 4.69) is 5.32 Å². The number of nitrogen functional groups attached to an aromatic ring is 1. The SMILES string of the molecule is COc1ccc(C)cc1Nc1ccc(C(N)=O)cc1N. The van der Waals surface area contributed by atoms with Crippen LogP contribution in [0.1, 0.15) is 15.9 Å². The lowest BCUT2D eigenvalue weighted by atomic mass is 10.1. The van der Waals surface area contributed by atoms with E-state index in [4.69, 9.17) is 16.2 Å². The van der Waals surface area contributed by atoms with Gasteiger partial charge in [0, 0.05) is 5.56 Å². The molecule has 1 amide bonds. The zero-order valence-electron chi connectivity index (χ0n) is 11.4. The fourth-order valence-corrected chi connectivity index (χ4v) is 1.89. The zero-order valence-corrected chi connectivity index (χ0v) is 11.4. The standard InChI is InChI=1S/C15H17N3O2/c1-9-3-6-14(20-2)13(7-9)18-12-5-4-10(15(17)19)8-11(12)16/h3-8,18H,16H2,1-2H3,(H2,17,19). The highest BCUT2D eigenvalue weighted by molar-refractivity contribution is 5.95. The maximum absolute atomic E-state index is 11.1. The second-order valence-corrected chi connectivity index (χ2v) is 4.50. The molecular formula is C15H17N3O2. The molecule has 2 rings (SSSR count). The number of benzene rings is 2. The highest BCUT2D eigenvalue weighted by Gasteiger charge is 2.08. The van der Waals surface area contributed by atoms with E-state index in [-0.39, 0.29) is 0 Å². The molecule has 0 spiro atoms. The first kappa shape index (κ1) is 13.7. The molecule has 2 aromatic carbocycles. The van der Waals surface area contributed by atoms with Crippen LogP contribution >= 0.6 is 0 Å². The lowest BCUT2D eigenvalue weighted by Crippen LogP contribution is -2.11. The molecule has 0 aromatic heterocycles. The van der Waals surface area contributed by atoms with Crippen molar-refractivity contribution in [3.63, 3.8) is 0 Å². The third-order valence-corrected chi connectivity index (χ3v) is 2.96. The van der Waals surface area contributed by atoms with E-state index in [9.17, 15) is 4.79 Å². The molecule has 0 radical (unpaired) electrons. The summed E-state index contributed by atoms with van der Waals surface area (Å²) < 4.78 is 5.30. The van der Waals surface area contributed by atoms with Crippen LogP contribution in [0.4, 0.5) is 17.1 Å². The zero-order chi connectivity index (χ0) is 14.7. The van der Waals surface area contributed by atoms with Crippen molar-refractivity contribution >= 4 is 23.0 Å². The normalized spacial score (nSPS) is 10.1. The molecule has 0 saturated carbocycles. The number of ether oxygens (including phenoxy) is 1. The van der Waals surface area contributed by atoms with E-state index in [1.54, 1.807) is 25.3 Å². The fourth-order valence-electron chi connectivity index (χ4n) is 1.89.